The van der Waals surface area contributed by atoms with Crippen LogP contribution in [0.1, 0.15) is 17.4 Å². The van der Waals surface area contributed by atoms with Crippen LogP contribution in [0.3, 0.4) is 0 Å². The van der Waals surface area contributed by atoms with E-state index in [9.17, 15) is 9.18 Å². The Morgan fingerprint density at radius 1 is 1.47 bits per heavy atom. The van der Waals surface area contributed by atoms with E-state index in [2.05, 4.69) is 4.98 Å². The molecule has 17 heavy (non-hydrogen) atoms. The van der Waals surface area contributed by atoms with E-state index in [1.165, 1.54) is 24.3 Å². The van der Waals surface area contributed by atoms with Gasteiger partial charge in [-0.15, -0.1) is 0 Å². The molecule has 2 aromatic rings. The van der Waals surface area contributed by atoms with E-state index in [1.54, 1.807) is 6.92 Å². The number of hydrogen-bond acceptors (Lipinski definition) is 3. The van der Waals surface area contributed by atoms with Gasteiger partial charge in [-0.2, -0.15) is 0 Å². The maximum absolute atomic E-state index is 13.1. The van der Waals surface area contributed by atoms with Gasteiger partial charge in [0.15, 0.2) is 5.69 Å². The number of aromatic nitrogens is 1. The predicted octanol–water partition coefficient (Wildman–Crippen LogP) is 2.47. The topological polar surface area (TPSA) is 59.4 Å². The van der Waals surface area contributed by atoms with Crippen LogP contribution in [0.5, 0.6) is 5.75 Å². The second-order valence-corrected chi connectivity index (χ2v) is 3.41. The summed E-state index contributed by atoms with van der Waals surface area (Å²) in [6.45, 7) is 2.19. The van der Waals surface area contributed by atoms with Crippen LogP contribution in [0.25, 0.3) is 10.9 Å². The van der Waals surface area contributed by atoms with Crippen LogP contribution in [0.15, 0.2) is 24.3 Å². The van der Waals surface area contributed by atoms with Crippen LogP contribution in [0.4, 0.5) is 4.39 Å². The monoisotopic (exact) mass is 235 g/mol. The minimum Gasteiger partial charge on any atom is -0.493 e. The molecule has 0 atom stereocenters. The summed E-state index contributed by atoms with van der Waals surface area (Å²) in [5, 5.41) is 9.49. The first-order chi connectivity index (χ1) is 8.11. The molecule has 0 spiro atoms. The van der Waals surface area contributed by atoms with Crippen LogP contribution >= 0.6 is 0 Å². The van der Waals surface area contributed by atoms with Gasteiger partial charge in [-0.1, -0.05) is 0 Å². The van der Waals surface area contributed by atoms with Crippen molar-refractivity contribution in [2.45, 2.75) is 6.92 Å². The lowest BCUT2D eigenvalue weighted by Gasteiger charge is -2.08. The van der Waals surface area contributed by atoms with Gasteiger partial charge in [0.1, 0.15) is 11.6 Å². The summed E-state index contributed by atoms with van der Waals surface area (Å²) in [5.41, 5.74) is 0.111. The molecule has 0 aliphatic rings. The molecule has 0 aliphatic carbocycles. The number of rotatable bonds is 3. The molecule has 1 heterocycles. The Labute approximate surface area is 96.7 Å². The highest BCUT2D eigenvalue weighted by Crippen LogP contribution is 2.26. The maximum Gasteiger partial charge on any atom is 0.354 e. The quantitative estimate of drug-likeness (QED) is 0.887. The predicted molar refractivity (Wildman–Crippen MR) is 59.8 cm³/mol. The Bertz CT molecular complexity index is 583. The molecular formula is C12H10FNO3. The van der Waals surface area contributed by atoms with Gasteiger partial charge in [0.25, 0.3) is 0 Å². The van der Waals surface area contributed by atoms with E-state index in [0.29, 0.717) is 17.7 Å². The average molecular weight is 235 g/mol. The Morgan fingerprint density at radius 3 is 2.88 bits per heavy atom. The zero-order chi connectivity index (χ0) is 12.4. The molecule has 1 N–H and O–H groups in total. The molecule has 2 rings (SSSR count). The third-order valence-corrected chi connectivity index (χ3v) is 2.25. The first-order valence-corrected chi connectivity index (χ1v) is 5.08. The highest BCUT2D eigenvalue weighted by Gasteiger charge is 2.12. The van der Waals surface area contributed by atoms with E-state index >= 15 is 0 Å². The molecule has 0 saturated heterocycles. The van der Waals surface area contributed by atoms with Crippen LogP contribution in [-0.2, 0) is 0 Å². The second-order valence-electron chi connectivity index (χ2n) is 3.41. The fourth-order valence-corrected chi connectivity index (χ4v) is 1.55. The lowest BCUT2D eigenvalue weighted by Crippen LogP contribution is -2.03. The highest BCUT2D eigenvalue weighted by molar-refractivity contribution is 5.93. The third-order valence-electron chi connectivity index (χ3n) is 2.25. The summed E-state index contributed by atoms with van der Waals surface area (Å²) in [6, 6.07) is 5.33. The van der Waals surface area contributed by atoms with Crippen molar-refractivity contribution >= 4 is 16.9 Å². The van der Waals surface area contributed by atoms with Gasteiger partial charge in [0, 0.05) is 17.5 Å². The molecule has 0 fully saturated rings. The van der Waals surface area contributed by atoms with Crippen LogP contribution < -0.4 is 4.74 Å². The normalized spacial score (nSPS) is 10.5. The van der Waals surface area contributed by atoms with Gasteiger partial charge in [-0.3, -0.25) is 0 Å². The first kappa shape index (κ1) is 11.3. The number of ether oxygens (including phenoxy) is 1. The molecule has 0 amide bonds. The summed E-state index contributed by atoms with van der Waals surface area (Å²) in [5.74, 6) is -1.23. The van der Waals surface area contributed by atoms with E-state index < -0.39 is 11.8 Å². The number of fused-ring (bicyclic) bond motifs is 1. The lowest BCUT2D eigenvalue weighted by atomic mass is 10.1. The number of pyridine rings is 1. The number of benzene rings is 1. The van der Waals surface area contributed by atoms with Crippen molar-refractivity contribution in [2.75, 3.05) is 6.61 Å². The lowest BCUT2D eigenvalue weighted by molar-refractivity contribution is 0.0690. The number of nitrogens with zero attached hydrogens (tertiary/aromatic N) is 1. The average Bonchev–Trinajstić information content (AvgIpc) is 2.28. The zero-order valence-electron chi connectivity index (χ0n) is 9.11. The number of carbonyl (C=O) groups is 1. The molecule has 0 unspecified atom stereocenters. The second kappa shape index (κ2) is 4.37. The number of carboxylic acid groups (broad SMARTS) is 1. The molecule has 5 heteroatoms. The standard InChI is InChI=1S/C12H10FNO3/c1-2-17-11-6-10(12(15)16)14-9-5-7(13)3-4-8(9)11/h3-6H,2H2,1H3,(H,15,16). The Balaban J connectivity index is 2.71. The van der Waals surface area contributed by atoms with Gasteiger partial charge in [0.05, 0.1) is 12.1 Å². The molecule has 4 nitrogen and oxygen atoms in total. The molecule has 0 radical (unpaired) electrons. The molecule has 0 aliphatic heterocycles. The summed E-state index contributed by atoms with van der Waals surface area (Å²) < 4.78 is 18.4. The van der Waals surface area contributed by atoms with Crippen molar-refractivity contribution in [3.05, 3.63) is 35.8 Å². The van der Waals surface area contributed by atoms with Gasteiger partial charge >= 0.3 is 5.97 Å². The van der Waals surface area contributed by atoms with Gasteiger partial charge < -0.3 is 9.84 Å². The number of aromatic carboxylic acids is 1. The zero-order valence-corrected chi connectivity index (χ0v) is 9.11. The van der Waals surface area contributed by atoms with Crippen molar-refractivity contribution in [2.24, 2.45) is 0 Å². The minimum absolute atomic E-state index is 0.161. The molecule has 0 saturated carbocycles. The van der Waals surface area contributed by atoms with E-state index in [-0.39, 0.29) is 11.2 Å². The Morgan fingerprint density at radius 2 is 2.24 bits per heavy atom. The Hall–Kier alpha value is -2.17. The first-order valence-electron chi connectivity index (χ1n) is 5.08. The van der Waals surface area contributed by atoms with Crippen molar-refractivity contribution in [3.63, 3.8) is 0 Å². The number of carboxylic acids is 1. The van der Waals surface area contributed by atoms with Crippen molar-refractivity contribution < 1.29 is 19.0 Å². The minimum atomic E-state index is -1.17. The van der Waals surface area contributed by atoms with Crippen LogP contribution in [0, 0.1) is 5.82 Å². The van der Waals surface area contributed by atoms with E-state index in [1.807, 2.05) is 0 Å². The molecular weight excluding hydrogens is 225 g/mol. The van der Waals surface area contributed by atoms with Gasteiger partial charge in [-0.05, 0) is 19.1 Å². The van der Waals surface area contributed by atoms with Gasteiger partial charge in [0.2, 0.25) is 0 Å². The van der Waals surface area contributed by atoms with E-state index in [0.717, 1.165) is 0 Å². The summed E-state index contributed by atoms with van der Waals surface area (Å²) >= 11 is 0. The highest BCUT2D eigenvalue weighted by atomic mass is 19.1. The number of halogens is 1. The summed E-state index contributed by atoms with van der Waals surface area (Å²) in [4.78, 5) is 14.7. The van der Waals surface area contributed by atoms with Crippen LogP contribution in [-0.4, -0.2) is 22.7 Å². The summed E-state index contributed by atoms with van der Waals surface area (Å²) in [6.07, 6.45) is 0. The van der Waals surface area contributed by atoms with Crippen LogP contribution in [0.2, 0.25) is 0 Å². The fourth-order valence-electron chi connectivity index (χ4n) is 1.55. The van der Waals surface area contributed by atoms with E-state index in [4.69, 9.17) is 9.84 Å². The fraction of sp³-hybridized carbons (Fsp3) is 0.167. The SMILES string of the molecule is CCOc1cc(C(=O)O)nc2cc(F)ccc12. The van der Waals surface area contributed by atoms with Crippen molar-refractivity contribution in [3.8, 4) is 5.75 Å². The molecule has 1 aromatic carbocycles. The third kappa shape index (κ3) is 2.18. The molecule has 88 valence electrons. The van der Waals surface area contributed by atoms with Crippen molar-refractivity contribution in [1.82, 2.24) is 4.98 Å². The smallest absolute Gasteiger partial charge is 0.354 e. The summed E-state index contributed by atoms with van der Waals surface area (Å²) in [7, 11) is 0. The van der Waals surface area contributed by atoms with Gasteiger partial charge in [-0.25, -0.2) is 14.2 Å². The largest absolute Gasteiger partial charge is 0.493 e. The number of hydrogen-bond donors (Lipinski definition) is 1. The maximum atomic E-state index is 13.1. The molecule has 1 aromatic heterocycles. The molecule has 0 bridgehead atoms. The van der Waals surface area contributed by atoms with Crippen molar-refractivity contribution in [1.29, 1.82) is 0 Å². The Kier molecular flexibility index (Phi) is 2.91.